The number of halogens is 1. The summed E-state index contributed by atoms with van der Waals surface area (Å²) in [5.41, 5.74) is 0.730. The van der Waals surface area contributed by atoms with Gasteiger partial charge in [-0.25, -0.2) is 0 Å². The van der Waals surface area contributed by atoms with E-state index in [1.807, 2.05) is 12.1 Å². The van der Waals surface area contributed by atoms with Gasteiger partial charge >= 0.3 is 5.97 Å². The van der Waals surface area contributed by atoms with E-state index < -0.39 is 0 Å². The summed E-state index contributed by atoms with van der Waals surface area (Å²) >= 11 is 6.09. The summed E-state index contributed by atoms with van der Waals surface area (Å²) in [4.78, 5) is 15.2. The van der Waals surface area contributed by atoms with E-state index in [0.29, 0.717) is 30.2 Å². The van der Waals surface area contributed by atoms with Crippen molar-refractivity contribution >= 4 is 28.5 Å². The number of hydrogen-bond acceptors (Lipinski definition) is 4. The minimum absolute atomic E-state index is 0.234. The highest BCUT2D eigenvalue weighted by molar-refractivity contribution is 6.35. The zero-order valence-corrected chi connectivity index (χ0v) is 11.3. The Hall–Kier alpha value is -1.81. The quantitative estimate of drug-likeness (QED) is 0.623. The van der Waals surface area contributed by atoms with Crippen LogP contribution < -0.4 is 4.74 Å². The predicted molar refractivity (Wildman–Crippen MR) is 73.5 cm³/mol. The molecule has 0 N–H and O–H groups in total. The Bertz CT molecular complexity index is 586. The molecular weight excluding hydrogens is 266 g/mol. The second kappa shape index (κ2) is 6.38. The first-order chi connectivity index (χ1) is 9.22. The van der Waals surface area contributed by atoms with Crippen LogP contribution in [-0.2, 0) is 9.53 Å². The lowest BCUT2D eigenvalue weighted by Crippen LogP contribution is -2.04. The fourth-order valence-electron chi connectivity index (χ4n) is 1.73. The monoisotopic (exact) mass is 279 g/mol. The van der Waals surface area contributed by atoms with Gasteiger partial charge in [-0.05, 0) is 30.7 Å². The average molecular weight is 280 g/mol. The molecule has 0 unspecified atom stereocenters. The molecule has 0 aliphatic rings. The highest BCUT2D eigenvalue weighted by Gasteiger charge is 2.07. The summed E-state index contributed by atoms with van der Waals surface area (Å²) in [6.07, 6.45) is 2.64. The molecule has 0 saturated heterocycles. The molecule has 0 aliphatic heterocycles. The van der Waals surface area contributed by atoms with E-state index in [4.69, 9.17) is 16.3 Å². The van der Waals surface area contributed by atoms with Gasteiger partial charge in [0.15, 0.2) is 0 Å². The van der Waals surface area contributed by atoms with Gasteiger partial charge in [-0.2, -0.15) is 0 Å². The first kappa shape index (κ1) is 13.6. The Labute approximate surface area is 116 Å². The van der Waals surface area contributed by atoms with Gasteiger partial charge in [-0.15, -0.1) is 0 Å². The molecule has 2 rings (SSSR count). The number of carbonyl (C=O) groups excluding carboxylic acids is 1. The first-order valence-electron chi connectivity index (χ1n) is 5.95. The van der Waals surface area contributed by atoms with Crippen LogP contribution in [0.25, 0.3) is 10.9 Å². The Morgan fingerprint density at radius 3 is 3.00 bits per heavy atom. The number of aromatic nitrogens is 1. The zero-order chi connectivity index (χ0) is 13.7. The highest BCUT2D eigenvalue weighted by Crippen LogP contribution is 2.29. The summed E-state index contributed by atoms with van der Waals surface area (Å²) in [5.74, 6) is 0.438. The summed E-state index contributed by atoms with van der Waals surface area (Å²) in [6.45, 7) is 0.433. The van der Waals surface area contributed by atoms with Crippen molar-refractivity contribution in [1.29, 1.82) is 0 Å². The van der Waals surface area contributed by atoms with Gasteiger partial charge < -0.3 is 9.47 Å². The van der Waals surface area contributed by atoms with Gasteiger partial charge in [-0.3, -0.25) is 9.78 Å². The fraction of sp³-hybridized carbons (Fsp3) is 0.286. The first-order valence-corrected chi connectivity index (χ1v) is 6.33. The molecule has 1 aromatic heterocycles. The average Bonchev–Trinajstić information content (AvgIpc) is 2.45. The van der Waals surface area contributed by atoms with Crippen LogP contribution in [0.15, 0.2) is 30.5 Å². The van der Waals surface area contributed by atoms with E-state index in [1.165, 1.54) is 7.11 Å². The molecule has 0 radical (unpaired) electrons. The molecule has 1 heterocycles. The number of methoxy groups -OCH3 is 1. The topological polar surface area (TPSA) is 48.4 Å². The Kier molecular flexibility index (Phi) is 4.58. The molecule has 0 saturated carbocycles. The van der Waals surface area contributed by atoms with E-state index in [-0.39, 0.29) is 5.97 Å². The molecule has 0 spiro atoms. The summed E-state index contributed by atoms with van der Waals surface area (Å²) < 4.78 is 10.2. The molecule has 5 heteroatoms. The lowest BCUT2D eigenvalue weighted by Gasteiger charge is -2.09. The Morgan fingerprint density at radius 1 is 1.37 bits per heavy atom. The Morgan fingerprint density at radius 2 is 2.21 bits per heavy atom. The van der Waals surface area contributed by atoms with Crippen molar-refractivity contribution in [3.63, 3.8) is 0 Å². The van der Waals surface area contributed by atoms with Gasteiger partial charge in [0.05, 0.1) is 18.7 Å². The molecule has 0 fully saturated rings. The number of hydrogen-bond donors (Lipinski definition) is 0. The number of pyridine rings is 1. The SMILES string of the molecule is COC(=O)CCCOc1ccc(Cl)c2cccnc12. The van der Waals surface area contributed by atoms with Crippen molar-refractivity contribution < 1.29 is 14.3 Å². The normalized spacial score (nSPS) is 10.4. The summed E-state index contributed by atoms with van der Waals surface area (Å²) in [6, 6.07) is 7.29. The lowest BCUT2D eigenvalue weighted by molar-refractivity contribution is -0.140. The van der Waals surface area contributed by atoms with Crippen molar-refractivity contribution in [2.45, 2.75) is 12.8 Å². The van der Waals surface area contributed by atoms with Crippen molar-refractivity contribution in [2.75, 3.05) is 13.7 Å². The van der Waals surface area contributed by atoms with Crippen LogP contribution in [0.2, 0.25) is 5.02 Å². The number of benzene rings is 1. The van der Waals surface area contributed by atoms with Gasteiger partial charge in [0.25, 0.3) is 0 Å². The van der Waals surface area contributed by atoms with Crippen molar-refractivity contribution in [1.82, 2.24) is 4.98 Å². The molecule has 2 aromatic rings. The van der Waals surface area contributed by atoms with Gasteiger partial charge in [-0.1, -0.05) is 11.6 Å². The molecule has 0 aliphatic carbocycles. The number of carbonyl (C=O) groups is 1. The smallest absolute Gasteiger partial charge is 0.305 e. The Balaban J connectivity index is 2.05. The van der Waals surface area contributed by atoms with Crippen LogP contribution in [0.4, 0.5) is 0 Å². The molecule has 0 atom stereocenters. The third-order valence-electron chi connectivity index (χ3n) is 2.69. The maximum Gasteiger partial charge on any atom is 0.305 e. The molecule has 0 amide bonds. The molecule has 0 bridgehead atoms. The largest absolute Gasteiger partial charge is 0.491 e. The van der Waals surface area contributed by atoms with Crippen molar-refractivity contribution in [2.24, 2.45) is 0 Å². The van der Waals surface area contributed by atoms with Crippen LogP contribution >= 0.6 is 11.6 Å². The fourth-order valence-corrected chi connectivity index (χ4v) is 1.94. The van der Waals surface area contributed by atoms with E-state index in [9.17, 15) is 4.79 Å². The highest BCUT2D eigenvalue weighted by atomic mass is 35.5. The summed E-state index contributed by atoms with van der Waals surface area (Å²) in [7, 11) is 1.37. The third kappa shape index (κ3) is 3.35. The maximum atomic E-state index is 11.0. The molecule has 4 nitrogen and oxygen atoms in total. The van der Waals surface area contributed by atoms with Crippen LogP contribution in [0.3, 0.4) is 0 Å². The second-order valence-corrected chi connectivity index (χ2v) is 4.38. The molecular formula is C14H14ClNO3. The van der Waals surface area contributed by atoms with E-state index >= 15 is 0 Å². The lowest BCUT2D eigenvalue weighted by atomic mass is 10.2. The van der Waals surface area contributed by atoms with Crippen molar-refractivity contribution in [3.05, 3.63) is 35.5 Å². The van der Waals surface area contributed by atoms with E-state index in [1.54, 1.807) is 18.3 Å². The third-order valence-corrected chi connectivity index (χ3v) is 3.02. The van der Waals surface area contributed by atoms with Gasteiger partial charge in [0, 0.05) is 18.0 Å². The van der Waals surface area contributed by atoms with Crippen LogP contribution in [-0.4, -0.2) is 24.7 Å². The minimum atomic E-state index is -0.234. The van der Waals surface area contributed by atoms with Crippen LogP contribution in [0, 0.1) is 0 Å². The number of rotatable bonds is 5. The van der Waals surface area contributed by atoms with Gasteiger partial charge in [0.2, 0.25) is 0 Å². The number of ether oxygens (including phenoxy) is 2. The van der Waals surface area contributed by atoms with E-state index in [2.05, 4.69) is 9.72 Å². The van der Waals surface area contributed by atoms with Crippen LogP contribution in [0.5, 0.6) is 5.75 Å². The van der Waals surface area contributed by atoms with Crippen LogP contribution in [0.1, 0.15) is 12.8 Å². The minimum Gasteiger partial charge on any atom is -0.491 e. The molecule has 19 heavy (non-hydrogen) atoms. The zero-order valence-electron chi connectivity index (χ0n) is 10.6. The second-order valence-electron chi connectivity index (χ2n) is 3.97. The number of esters is 1. The summed E-state index contributed by atoms with van der Waals surface area (Å²) in [5, 5.41) is 1.50. The maximum absolute atomic E-state index is 11.0. The standard InChI is InChI=1S/C14H14ClNO3/c1-18-13(17)5-3-9-19-12-7-6-11(15)10-4-2-8-16-14(10)12/h2,4,6-8H,3,5,9H2,1H3. The van der Waals surface area contributed by atoms with E-state index in [0.717, 1.165) is 10.9 Å². The molecule has 100 valence electrons. The number of fused-ring (bicyclic) bond motifs is 1. The molecule has 1 aromatic carbocycles. The number of nitrogens with zero attached hydrogens (tertiary/aromatic N) is 1. The van der Waals surface area contributed by atoms with Gasteiger partial charge in [0.1, 0.15) is 11.3 Å². The van der Waals surface area contributed by atoms with Crippen molar-refractivity contribution in [3.8, 4) is 5.75 Å². The predicted octanol–water partition coefficient (Wildman–Crippen LogP) is 3.22.